The van der Waals surface area contributed by atoms with Crippen LogP contribution in [0.4, 0.5) is 5.95 Å². The summed E-state index contributed by atoms with van der Waals surface area (Å²) in [5.74, 6) is 1.90. The monoisotopic (exact) mass is 282 g/mol. The van der Waals surface area contributed by atoms with Crippen molar-refractivity contribution in [1.29, 1.82) is 0 Å². The highest BCUT2D eigenvalue weighted by Crippen LogP contribution is 2.09. The Bertz CT molecular complexity index is 449. The van der Waals surface area contributed by atoms with Gasteiger partial charge < -0.3 is 10.4 Å². The van der Waals surface area contributed by atoms with E-state index in [0.29, 0.717) is 11.6 Å². The first kappa shape index (κ1) is 14.1. The molecule has 0 bridgehead atoms. The minimum Gasteiger partial charge on any atom is -0.478 e. The Morgan fingerprint density at radius 1 is 1.53 bits per heavy atom. The highest BCUT2D eigenvalue weighted by atomic mass is 32.2. The van der Waals surface area contributed by atoms with E-state index in [1.54, 1.807) is 6.92 Å². The summed E-state index contributed by atoms with van der Waals surface area (Å²) in [5.41, 5.74) is 0.637. The predicted octanol–water partition coefficient (Wildman–Crippen LogP) is 0.944. The third-order valence-electron chi connectivity index (χ3n) is 3.02. The molecule has 104 valence electrons. The van der Waals surface area contributed by atoms with Gasteiger partial charge in [0, 0.05) is 43.9 Å². The molecule has 0 unspecified atom stereocenters. The van der Waals surface area contributed by atoms with Gasteiger partial charge in [-0.1, -0.05) is 0 Å². The van der Waals surface area contributed by atoms with Gasteiger partial charge in [0.15, 0.2) is 0 Å². The number of nitrogens with zero attached hydrogens (tertiary/aromatic N) is 3. The number of thioether (sulfide) groups is 1. The first-order chi connectivity index (χ1) is 9.16. The van der Waals surface area contributed by atoms with Crippen molar-refractivity contribution in [2.75, 3.05) is 43.0 Å². The summed E-state index contributed by atoms with van der Waals surface area (Å²) in [6.45, 7) is 5.67. The molecular weight excluding hydrogens is 264 g/mol. The summed E-state index contributed by atoms with van der Waals surface area (Å²) >= 11 is 1.99. The molecule has 0 aliphatic carbocycles. The van der Waals surface area contributed by atoms with Crippen molar-refractivity contribution in [3.8, 4) is 0 Å². The maximum Gasteiger partial charge on any atom is 0.339 e. The molecule has 1 fully saturated rings. The minimum absolute atomic E-state index is 0.151. The molecule has 2 N–H and O–H groups in total. The number of anilines is 1. The fourth-order valence-corrected chi connectivity index (χ4v) is 2.89. The average Bonchev–Trinajstić information content (AvgIpc) is 2.39. The maximum absolute atomic E-state index is 10.8. The van der Waals surface area contributed by atoms with Crippen LogP contribution in [0.5, 0.6) is 0 Å². The lowest BCUT2D eigenvalue weighted by Gasteiger charge is -2.25. The smallest absolute Gasteiger partial charge is 0.339 e. The fourth-order valence-electron chi connectivity index (χ4n) is 1.91. The zero-order valence-corrected chi connectivity index (χ0v) is 11.7. The van der Waals surface area contributed by atoms with Crippen molar-refractivity contribution in [3.63, 3.8) is 0 Å². The normalized spacial score (nSPS) is 16.3. The second kappa shape index (κ2) is 6.72. The Labute approximate surface area is 116 Å². The van der Waals surface area contributed by atoms with Crippen molar-refractivity contribution >= 4 is 23.7 Å². The van der Waals surface area contributed by atoms with Crippen molar-refractivity contribution in [1.82, 2.24) is 14.9 Å². The number of hydrogen-bond acceptors (Lipinski definition) is 6. The first-order valence-corrected chi connectivity index (χ1v) is 7.43. The number of carboxylic acid groups (broad SMARTS) is 1. The van der Waals surface area contributed by atoms with Gasteiger partial charge in [-0.25, -0.2) is 14.8 Å². The third-order valence-corrected chi connectivity index (χ3v) is 3.97. The van der Waals surface area contributed by atoms with Crippen molar-refractivity contribution in [2.24, 2.45) is 0 Å². The van der Waals surface area contributed by atoms with E-state index in [9.17, 15) is 4.79 Å². The van der Waals surface area contributed by atoms with Crippen LogP contribution in [0.1, 0.15) is 16.1 Å². The van der Waals surface area contributed by atoms with Crippen LogP contribution in [0.25, 0.3) is 0 Å². The quantitative estimate of drug-likeness (QED) is 0.832. The van der Waals surface area contributed by atoms with E-state index in [-0.39, 0.29) is 5.56 Å². The van der Waals surface area contributed by atoms with E-state index in [0.717, 1.165) is 26.2 Å². The molecule has 6 nitrogen and oxygen atoms in total. The van der Waals surface area contributed by atoms with Crippen molar-refractivity contribution in [2.45, 2.75) is 6.92 Å². The van der Waals surface area contributed by atoms with Gasteiger partial charge in [0.1, 0.15) is 0 Å². The number of aryl methyl sites for hydroxylation is 1. The Morgan fingerprint density at radius 3 is 2.89 bits per heavy atom. The lowest BCUT2D eigenvalue weighted by atomic mass is 10.2. The summed E-state index contributed by atoms with van der Waals surface area (Å²) in [5, 5.41) is 12.0. The number of rotatable bonds is 5. The van der Waals surface area contributed by atoms with Crippen LogP contribution in [0.2, 0.25) is 0 Å². The van der Waals surface area contributed by atoms with E-state index in [1.165, 1.54) is 17.7 Å². The molecule has 2 rings (SSSR count). The molecule has 1 saturated heterocycles. The van der Waals surface area contributed by atoms with Gasteiger partial charge in [0.25, 0.3) is 0 Å². The molecule has 0 amide bonds. The van der Waals surface area contributed by atoms with Crippen LogP contribution in [-0.2, 0) is 0 Å². The summed E-state index contributed by atoms with van der Waals surface area (Å²) in [6.07, 6.45) is 1.35. The van der Waals surface area contributed by atoms with E-state index >= 15 is 0 Å². The maximum atomic E-state index is 10.8. The molecule has 1 aliphatic heterocycles. The van der Waals surface area contributed by atoms with Crippen molar-refractivity contribution in [3.05, 3.63) is 17.5 Å². The van der Waals surface area contributed by atoms with E-state index in [1.807, 2.05) is 11.8 Å². The molecule has 0 aromatic carbocycles. The first-order valence-electron chi connectivity index (χ1n) is 6.28. The van der Waals surface area contributed by atoms with Crippen LogP contribution in [0, 0.1) is 6.92 Å². The van der Waals surface area contributed by atoms with Gasteiger partial charge in [0.2, 0.25) is 5.95 Å². The third kappa shape index (κ3) is 4.07. The number of aromatic carboxylic acids is 1. The minimum atomic E-state index is -0.991. The molecule has 7 heteroatoms. The van der Waals surface area contributed by atoms with Gasteiger partial charge in [-0.05, 0) is 6.92 Å². The number of hydrogen-bond donors (Lipinski definition) is 2. The Balaban J connectivity index is 1.82. The summed E-state index contributed by atoms with van der Waals surface area (Å²) in [7, 11) is 0. The zero-order chi connectivity index (χ0) is 13.7. The number of nitrogens with one attached hydrogen (secondary N) is 1. The summed E-state index contributed by atoms with van der Waals surface area (Å²) in [6, 6.07) is 0. The lowest BCUT2D eigenvalue weighted by molar-refractivity contribution is 0.0695. The zero-order valence-electron chi connectivity index (χ0n) is 10.9. The SMILES string of the molecule is Cc1nc(NCCN2CCSCC2)ncc1C(=O)O. The fraction of sp³-hybridized carbons (Fsp3) is 0.583. The predicted molar refractivity (Wildman–Crippen MR) is 76.0 cm³/mol. The number of carboxylic acids is 1. The molecule has 0 spiro atoms. The molecule has 0 radical (unpaired) electrons. The van der Waals surface area contributed by atoms with Gasteiger partial charge in [-0.15, -0.1) is 0 Å². The van der Waals surface area contributed by atoms with E-state index in [2.05, 4.69) is 20.2 Å². The molecule has 0 atom stereocenters. The molecule has 1 aliphatic rings. The number of carbonyl (C=O) groups is 1. The Morgan fingerprint density at radius 2 is 2.26 bits per heavy atom. The second-order valence-corrected chi connectivity index (χ2v) is 5.60. The average molecular weight is 282 g/mol. The topological polar surface area (TPSA) is 78.4 Å². The largest absolute Gasteiger partial charge is 0.478 e. The van der Waals surface area contributed by atoms with Gasteiger partial charge >= 0.3 is 5.97 Å². The molecular formula is C12H18N4O2S. The highest BCUT2D eigenvalue weighted by Gasteiger charge is 2.11. The van der Waals surface area contributed by atoms with Crippen molar-refractivity contribution < 1.29 is 9.90 Å². The van der Waals surface area contributed by atoms with Crippen LogP contribution >= 0.6 is 11.8 Å². The molecule has 1 aromatic rings. The summed E-state index contributed by atoms with van der Waals surface area (Å²) in [4.78, 5) is 21.4. The van der Waals surface area contributed by atoms with Gasteiger partial charge in [-0.3, -0.25) is 4.90 Å². The Hall–Kier alpha value is -1.34. The van der Waals surface area contributed by atoms with Gasteiger partial charge in [0.05, 0.1) is 11.3 Å². The molecule has 19 heavy (non-hydrogen) atoms. The van der Waals surface area contributed by atoms with E-state index in [4.69, 9.17) is 5.11 Å². The molecule has 2 heterocycles. The molecule has 1 aromatic heterocycles. The van der Waals surface area contributed by atoms with E-state index < -0.39 is 5.97 Å². The van der Waals surface area contributed by atoms with Crippen LogP contribution in [0.15, 0.2) is 6.20 Å². The standard InChI is InChI=1S/C12H18N4O2S/c1-9-10(11(17)18)8-14-12(15-9)13-2-3-16-4-6-19-7-5-16/h8H,2-7H2,1H3,(H,17,18)(H,13,14,15). The summed E-state index contributed by atoms with van der Waals surface area (Å²) < 4.78 is 0. The van der Waals surface area contributed by atoms with Crippen LogP contribution in [0.3, 0.4) is 0 Å². The second-order valence-electron chi connectivity index (χ2n) is 4.38. The molecule has 0 saturated carbocycles. The van der Waals surface area contributed by atoms with Gasteiger partial charge in [-0.2, -0.15) is 11.8 Å². The van der Waals surface area contributed by atoms with Crippen LogP contribution < -0.4 is 5.32 Å². The Kier molecular flexibility index (Phi) is 4.98. The number of aromatic nitrogens is 2. The van der Waals surface area contributed by atoms with Crippen LogP contribution in [-0.4, -0.2) is 63.6 Å². The highest BCUT2D eigenvalue weighted by molar-refractivity contribution is 7.99. The lowest BCUT2D eigenvalue weighted by Crippen LogP contribution is -2.36.